The van der Waals surface area contributed by atoms with Gasteiger partial charge in [0.2, 0.25) is 0 Å². The van der Waals surface area contributed by atoms with Crippen LogP contribution in [0.4, 0.5) is 0 Å². The monoisotopic (exact) mass is 258 g/mol. The number of unbranched alkanes of at least 4 members (excludes halogenated alkanes) is 1. The van der Waals surface area contributed by atoms with E-state index in [0.29, 0.717) is 0 Å². The molecular formula is C16H18OS. The molecule has 2 heteroatoms. The summed E-state index contributed by atoms with van der Waals surface area (Å²) >= 11 is 1.58. The third-order valence-corrected chi connectivity index (χ3v) is 4.00. The van der Waals surface area contributed by atoms with E-state index < -0.39 is 0 Å². The Morgan fingerprint density at radius 3 is 2.44 bits per heavy atom. The Morgan fingerprint density at radius 2 is 1.89 bits per heavy atom. The first-order chi connectivity index (χ1) is 8.72. The molecular weight excluding hydrogens is 240 g/mol. The summed E-state index contributed by atoms with van der Waals surface area (Å²) < 4.78 is 0. The quantitative estimate of drug-likeness (QED) is 0.715. The summed E-state index contributed by atoms with van der Waals surface area (Å²) in [4.78, 5) is 12.3. The van der Waals surface area contributed by atoms with E-state index in [0.717, 1.165) is 23.1 Å². The minimum Gasteiger partial charge on any atom is -0.289 e. The van der Waals surface area contributed by atoms with Crippen molar-refractivity contribution in [2.24, 2.45) is 0 Å². The van der Waals surface area contributed by atoms with E-state index in [-0.39, 0.29) is 5.78 Å². The number of ketones is 1. The molecule has 2 rings (SSSR count). The maximum atomic E-state index is 12.3. The second-order valence-corrected chi connectivity index (χ2v) is 5.34. The molecule has 0 radical (unpaired) electrons. The molecule has 0 fully saturated rings. The zero-order valence-electron chi connectivity index (χ0n) is 10.9. The molecule has 0 aliphatic carbocycles. The van der Waals surface area contributed by atoms with Crippen LogP contribution in [0.2, 0.25) is 0 Å². The number of carbonyl (C=O) groups excluding carboxylic acids is 1. The summed E-state index contributed by atoms with van der Waals surface area (Å²) in [6, 6.07) is 8.05. The highest BCUT2D eigenvalue weighted by atomic mass is 32.1. The van der Waals surface area contributed by atoms with Crippen LogP contribution in [0.15, 0.2) is 35.0 Å². The van der Waals surface area contributed by atoms with Crippen molar-refractivity contribution in [1.82, 2.24) is 0 Å². The Bertz CT molecular complexity index is 522. The van der Waals surface area contributed by atoms with Gasteiger partial charge in [0.15, 0.2) is 5.78 Å². The average molecular weight is 258 g/mol. The molecule has 0 saturated carbocycles. The average Bonchev–Trinajstić information content (AvgIpc) is 2.82. The van der Waals surface area contributed by atoms with Crippen molar-refractivity contribution in [2.45, 2.75) is 33.1 Å². The Morgan fingerprint density at radius 1 is 1.17 bits per heavy atom. The number of carbonyl (C=O) groups is 1. The molecule has 0 unspecified atom stereocenters. The number of aryl methyl sites for hydroxylation is 2. The highest BCUT2D eigenvalue weighted by molar-refractivity contribution is 7.08. The molecule has 1 aromatic carbocycles. The van der Waals surface area contributed by atoms with Crippen LogP contribution in [0.1, 0.15) is 46.8 Å². The Labute approximate surface area is 112 Å². The normalized spacial score (nSPS) is 10.6. The highest BCUT2D eigenvalue weighted by Gasteiger charge is 2.12. The minimum atomic E-state index is 0.135. The van der Waals surface area contributed by atoms with E-state index in [1.165, 1.54) is 18.4 Å². The molecule has 0 bridgehead atoms. The second-order valence-electron chi connectivity index (χ2n) is 4.60. The molecule has 0 atom stereocenters. The first kappa shape index (κ1) is 13.0. The van der Waals surface area contributed by atoms with Crippen LogP contribution >= 0.6 is 11.3 Å². The fraction of sp³-hybridized carbons (Fsp3) is 0.312. The topological polar surface area (TPSA) is 17.1 Å². The molecule has 0 spiro atoms. The number of hydrogen-bond acceptors (Lipinski definition) is 2. The second kappa shape index (κ2) is 5.96. The molecule has 1 heterocycles. The van der Waals surface area contributed by atoms with E-state index in [9.17, 15) is 4.79 Å². The predicted octanol–water partition coefficient (Wildman–Crippen LogP) is 4.63. The first-order valence-corrected chi connectivity index (χ1v) is 7.33. The summed E-state index contributed by atoms with van der Waals surface area (Å²) in [5.41, 5.74) is 4.01. The molecule has 2 aromatic rings. The SMILES string of the molecule is CCCCc1ccc(C(=O)c2cscc2C)cc1. The van der Waals surface area contributed by atoms with E-state index >= 15 is 0 Å². The lowest BCUT2D eigenvalue weighted by Gasteiger charge is -2.03. The molecule has 0 saturated heterocycles. The van der Waals surface area contributed by atoms with Crippen LogP contribution < -0.4 is 0 Å². The number of rotatable bonds is 5. The van der Waals surface area contributed by atoms with Gasteiger partial charge in [-0.05, 0) is 36.3 Å². The first-order valence-electron chi connectivity index (χ1n) is 6.38. The predicted molar refractivity (Wildman–Crippen MR) is 77.5 cm³/mol. The summed E-state index contributed by atoms with van der Waals surface area (Å²) in [6.07, 6.45) is 3.51. The zero-order chi connectivity index (χ0) is 13.0. The van der Waals surface area contributed by atoms with Crippen LogP contribution in [-0.4, -0.2) is 5.78 Å². The van der Waals surface area contributed by atoms with Crippen molar-refractivity contribution in [3.05, 3.63) is 57.3 Å². The van der Waals surface area contributed by atoms with Crippen molar-refractivity contribution < 1.29 is 4.79 Å². The van der Waals surface area contributed by atoms with E-state index in [4.69, 9.17) is 0 Å². The van der Waals surface area contributed by atoms with Crippen molar-refractivity contribution in [1.29, 1.82) is 0 Å². The van der Waals surface area contributed by atoms with E-state index in [1.54, 1.807) is 11.3 Å². The molecule has 0 aliphatic rings. The maximum absolute atomic E-state index is 12.3. The molecule has 18 heavy (non-hydrogen) atoms. The summed E-state index contributed by atoms with van der Waals surface area (Å²) in [5.74, 6) is 0.135. The summed E-state index contributed by atoms with van der Waals surface area (Å²) in [6.45, 7) is 4.18. The van der Waals surface area contributed by atoms with Gasteiger partial charge in [0.1, 0.15) is 0 Å². The largest absolute Gasteiger partial charge is 0.289 e. The molecule has 0 N–H and O–H groups in total. The molecule has 1 aromatic heterocycles. The third kappa shape index (κ3) is 2.88. The number of hydrogen-bond donors (Lipinski definition) is 0. The zero-order valence-corrected chi connectivity index (χ0v) is 11.7. The number of benzene rings is 1. The Hall–Kier alpha value is -1.41. The molecule has 1 nitrogen and oxygen atoms in total. The fourth-order valence-corrected chi connectivity index (χ4v) is 2.78. The van der Waals surface area contributed by atoms with Gasteiger partial charge in [-0.1, -0.05) is 37.6 Å². The standard InChI is InChI=1S/C16H18OS/c1-3-4-5-13-6-8-14(9-7-13)16(17)15-11-18-10-12(15)2/h6-11H,3-5H2,1-2H3. The van der Waals surface area contributed by atoms with Crippen molar-refractivity contribution in [3.8, 4) is 0 Å². The molecule has 94 valence electrons. The lowest BCUT2D eigenvalue weighted by atomic mass is 10.0. The van der Waals surface area contributed by atoms with Crippen molar-refractivity contribution in [2.75, 3.05) is 0 Å². The van der Waals surface area contributed by atoms with Crippen LogP contribution in [-0.2, 0) is 6.42 Å². The summed E-state index contributed by atoms with van der Waals surface area (Å²) in [7, 11) is 0. The summed E-state index contributed by atoms with van der Waals surface area (Å²) in [5, 5.41) is 3.95. The lowest BCUT2D eigenvalue weighted by Crippen LogP contribution is -2.01. The van der Waals surface area contributed by atoms with Gasteiger partial charge in [-0.2, -0.15) is 11.3 Å². The van der Waals surface area contributed by atoms with Gasteiger partial charge in [-0.25, -0.2) is 0 Å². The maximum Gasteiger partial charge on any atom is 0.194 e. The lowest BCUT2D eigenvalue weighted by molar-refractivity contribution is 0.103. The van der Waals surface area contributed by atoms with Crippen LogP contribution in [0.5, 0.6) is 0 Å². The smallest absolute Gasteiger partial charge is 0.194 e. The van der Waals surface area contributed by atoms with Gasteiger partial charge in [-0.3, -0.25) is 4.79 Å². The van der Waals surface area contributed by atoms with Gasteiger partial charge < -0.3 is 0 Å². The molecule has 0 aliphatic heterocycles. The fourth-order valence-electron chi connectivity index (χ4n) is 1.95. The van der Waals surface area contributed by atoms with Gasteiger partial charge in [0.05, 0.1) is 0 Å². The Balaban J connectivity index is 2.15. The van der Waals surface area contributed by atoms with Gasteiger partial charge in [0.25, 0.3) is 0 Å². The number of thiophene rings is 1. The minimum absolute atomic E-state index is 0.135. The Kier molecular flexibility index (Phi) is 4.32. The highest BCUT2D eigenvalue weighted by Crippen LogP contribution is 2.18. The van der Waals surface area contributed by atoms with Crippen LogP contribution in [0, 0.1) is 6.92 Å². The van der Waals surface area contributed by atoms with Gasteiger partial charge in [-0.15, -0.1) is 0 Å². The van der Waals surface area contributed by atoms with Crippen molar-refractivity contribution >= 4 is 17.1 Å². The van der Waals surface area contributed by atoms with Crippen molar-refractivity contribution in [3.63, 3.8) is 0 Å². The van der Waals surface area contributed by atoms with E-state index in [2.05, 4.69) is 19.1 Å². The van der Waals surface area contributed by atoms with Gasteiger partial charge in [0, 0.05) is 16.5 Å². The van der Waals surface area contributed by atoms with Crippen LogP contribution in [0.3, 0.4) is 0 Å². The molecule has 0 amide bonds. The van der Waals surface area contributed by atoms with Gasteiger partial charge >= 0.3 is 0 Å². The third-order valence-electron chi connectivity index (χ3n) is 3.14. The van der Waals surface area contributed by atoms with Crippen LogP contribution in [0.25, 0.3) is 0 Å². The van der Waals surface area contributed by atoms with E-state index in [1.807, 2.05) is 29.8 Å².